The molecule has 0 aliphatic heterocycles. The number of halogens is 2. The molecule has 0 fully saturated rings. The summed E-state index contributed by atoms with van der Waals surface area (Å²) in [5, 5.41) is 2.11. The maximum atomic E-state index is 13.2. The summed E-state index contributed by atoms with van der Waals surface area (Å²) >= 11 is 0. The third-order valence-corrected chi connectivity index (χ3v) is 1.95. The summed E-state index contributed by atoms with van der Waals surface area (Å²) in [5.74, 6) is -2.88. The van der Waals surface area contributed by atoms with E-state index in [9.17, 15) is 18.4 Å². The zero-order valence-electron chi connectivity index (χ0n) is 10.5. The van der Waals surface area contributed by atoms with Crippen molar-refractivity contribution in [1.29, 1.82) is 0 Å². The lowest BCUT2D eigenvalue weighted by Crippen LogP contribution is -2.20. The lowest BCUT2D eigenvalue weighted by molar-refractivity contribution is -0.142. The molecular weight excluding hydrogens is 256 g/mol. The van der Waals surface area contributed by atoms with Crippen LogP contribution >= 0.6 is 0 Å². The van der Waals surface area contributed by atoms with Gasteiger partial charge in [-0.3, -0.25) is 4.79 Å². The van der Waals surface area contributed by atoms with Crippen molar-refractivity contribution < 1.29 is 23.1 Å². The molecule has 0 aliphatic carbocycles. The second-order valence-corrected chi connectivity index (χ2v) is 4.00. The summed E-state index contributed by atoms with van der Waals surface area (Å²) in [7, 11) is 0. The van der Waals surface area contributed by atoms with Gasteiger partial charge >= 0.3 is 5.97 Å². The van der Waals surface area contributed by atoms with E-state index in [4.69, 9.17) is 0 Å². The highest BCUT2D eigenvalue weighted by Gasteiger charge is 2.09. The molecule has 1 amide bonds. The monoisotopic (exact) mass is 269 g/mol. The molecule has 0 aromatic heterocycles. The van der Waals surface area contributed by atoms with Crippen LogP contribution in [0.5, 0.6) is 0 Å². The fraction of sp³-hybridized carbons (Fsp3) is 0.231. The molecule has 1 aromatic carbocycles. The van der Waals surface area contributed by atoms with Gasteiger partial charge in [0.05, 0.1) is 5.69 Å². The second-order valence-electron chi connectivity index (χ2n) is 4.00. The number of rotatable bonds is 4. The first-order valence-electron chi connectivity index (χ1n) is 5.45. The molecule has 1 N–H and O–H groups in total. The Kier molecular flexibility index (Phi) is 5.17. The summed E-state index contributed by atoms with van der Waals surface area (Å²) in [6.07, 6.45) is 1.22. The first-order valence-corrected chi connectivity index (χ1v) is 5.45. The molecule has 0 radical (unpaired) electrons. The number of hydrogen-bond donors (Lipinski definition) is 1. The minimum atomic E-state index is -0.773. The summed E-state index contributed by atoms with van der Waals surface area (Å²) < 4.78 is 30.7. The van der Waals surface area contributed by atoms with Gasteiger partial charge in [-0.05, 0) is 26.0 Å². The van der Waals surface area contributed by atoms with Crippen LogP contribution in [0, 0.1) is 11.6 Å². The smallest absolute Gasteiger partial charge is 0.331 e. The Morgan fingerprint density at radius 1 is 1.32 bits per heavy atom. The first-order chi connectivity index (χ1) is 8.88. The van der Waals surface area contributed by atoms with E-state index in [1.54, 1.807) is 13.8 Å². The van der Waals surface area contributed by atoms with E-state index in [0.29, 0.717) is 0 Å². The third-order valence-electron chi connectivity index (χ3n) is 1.95. The Balaban J connectivity index is 2.54. The average Bonchev–Trinajstić information content (AvgIpc) is 2.30. The Bertz CT molecular complexity index is 523. The summed E-state index contributed by atoms with van der Waals surface area (Å²) in [4.78, 5) is 22.5. The Morgan fingerprint density at radius 3 is 2.63 bits per heavy atom. The van der Waals surface area contributed by atoms with E-state index in [0.717, 1.165) is 23.8 Å². The highest BCUT2D eigenvalue weighted by Crippen LogP contribution is 2.14. The number of amides is 1. The minimum Gasteiger partial charge on any atom is -0.452 e. The molecule has 102 valence electrons. The molecule has 0 atom stereocenters. The van der Waals surface area contributed by atoms with Crippen LogP contribution in [-0.2, 0) is 14.3 Å². The fourth-order valence-electron chi connectivity index (χ4n) is 1.19. The molecule has 19 heavy (non-hydrogen) atoms. The molecule has 0 unspecified atom stereocenters. The lowest BCUT2D eigenvalue weighted by Gasteiger charge is -2.06. The molecule has 4 nitrogen and oxygen atoms in total. The standard InChI is InChI=1S/C13H13F2NO3/c1-8(2)5-13(18)19-7-12(17)16-11-6-9(14)3-4-10(11)15/h3-6H,7H2,1-2H3,(H,16,17). The molecular formula is C13H13F2NO3. The molecule has 6 heteroatoms. The number of allylic oxidation sites excluding steroid dienone is 1. The number of carbonyl (C=O) groups excluding carboxylic acids is 2. The molecule has 0 spiro atoms. The van der Waals surface area contributed by atoms with Gasteiger partial charge in [-0.1, -0.05) is 5.57 Å². The molecule has 0 heterocycles. The van der Waals surface area contributed by atoms with Crippen molar-refractivity contribution in [1.82, 2.24) is 0 Å². The molecule has 0 bridgehead atoms. The predicted molar refractivity (Wildman–Crippen MR) is 65.4 cm³/mol. The van der Waals surface area contributed by atoms with Crippen LogP contribution in [-0.4, -0.2) is 18.5 Å². The zero-order valence-corrected chi connectivity index (χ0v) is 10.5. The molecule has 0 aliphatic rings. The van der Waals surface area contributed by atoms with Crippen LogP contribution in [0.25, 0.3) is 0 Å². The van der Waals surface area contributed by atoms with Crippen molar-refractivity contribution >= 4 is 17.6 Å². The van der Waals surface area contributed by atoms with Crippen LogP contribution in [0.4, 0.5) is 14.5 Å². The number of carbonyl (C=O) groups is 2. The van der Waals surface area contributed by atoms with Crippen molar-refractivity contribution in [2.45, 2.75) is 13.8 Å². The fourth-order valence-corrected chi connectivity index (χ4v) is 1.19. The summed E-state index contributed by atoms with van der Waals surface area (Å²) in [5.41, 5.74) is 0.421. The number of esters is 1. The molecule has 1 rings (SSSR count). The van der Waals surface area contributed by atoms with Gasteiger partial charge in [-0.15, -0.1) is 0 Å². The average molecular weight is 269 g/mol. The molecule has 0 saturated heterocycles. The van der Waals surface area contributed by atoms with Gasteiger partial charge in [0.2, 0.25) is 0 Å². The van der Waals surface area contributed by atoms with E-state index in [1.165, 1.54) is 6.08 Å². The van der Waals surface area contributed by atoms with Crippen LogP contribution in [0.2, 0.25) is 0 Å². The number of anilines is 1. The van der Waals surface area contributed by atoms with Gasteiger partial charge in [0.1, 0.15) is 11.6 Å². The number of ether oxygens (including phenoxy) is 1. The number of benzene rings is 1. The maximum absolute atomic E-state index is 13.2. The largest absolute Gasteiger partial charge is 0.452 e. The van der Waals surface area contributed by atoms with Gasteiger partial charge < -0.3 is 10.1 Å². The van der Waals surface area contributed by atoms with Gasteiger partial charge in [0.15, 0.2) is 6.61 Å². The van der Waals surface area contributed by atoms with Crippen LogP contribution in [0.15, 0.2) is 29.8 Å². The Morgan fingerprint density at radius 2 is 2.00 bits per heavy atom. The highest BCUT2D eigenvalue weighted by atomic mass is 19.1. The first kappa shape index (κ1) is 14.8. The lowest BCUT2D eigenvalue weighted by atomic mass is 10.3. The van der Waals surface area contributed by atoms with E-state index >= 15 is 0 Å². The van der Waals surface area contributed by atoms with Crippen molar-refractivity contribution in [3.63, 3.8) is 0 Å². The second kappa shape index (κ2) is 6.63. The van der Waals surface area contributed by atoms with E-state index in [-0.39, 0.29) is 5.69 Å². The predicted octanol–water partition coefficient (Wildman–Crippen LogP) is 2.41. The topological polar surface area (TPSA) is 55.4 Å². The maximum Gasteiger partial charge on any atom is 0.331 e. The molecule has 1 aromatic rings. The molecule has 0 saturated carbocycles. The van der Waals surface area contributed by atoms with Crippen molar-refractivity contribution in [2.24, 2.45) is 0 Å². The van der Waals surface area contributed by atoms with E-state index < -0.39 is 30.1 Å². The van der Waals surface area contributed by atoms with Crippen molar-refractivity contribution in [2.75, 3.05) is 11.9 Å². The summed E-state index contributed by atoms with van der Waals surface area (Å²) in [6, 6.07) is 2.66. The quantitative estimate of drug-likeness (QED) is 0.674. The minimum absolute atomic E-state index is 0.303. The van der Waals surface area contributed by atoms with E-state index in [1.807, 2.05) is 0 Å². The van der Waals surface area contributed by atoms with Gasteiger partial charge in [-0.25, -0.2) is 13.6 Å². The zero-order chi connectivity index (χ0) is 14.4. The van der Waals surface area contributed by atoms with Crippen LogP contribution in [0.3, 0.4) is 0 Å². The van der Waals surface area contributed by atoms with Crippen molar-refractivity contribution in [3.8, 4) is 0 Å². The SMILES string of the molecule is CC(C)=CC(=O)OCC(=O)Nc1cc(F)ccc1F. The van der Waals surface area contributed by atoms with Gasteiger partial charge in [-0.2, -0.15) is 0 Å². The van der Waals surface area contributed by atoms with Gasteiger partial charge in [0.25, 0.3) is 5.91 Å². The van der Waals surface area contributed by atoms with Crippen LogP contribution < -0.4 is 5.32 Å². The Labute approximate surface area is 109 Å². The van der Waals surface area contributed by atoms with Gasteiger partial charge in [0, 0.05) is 12.1 Å². The summed E-state index contributed by atoms with van der Waals surface area (Å²) in [6.45, 7) is 2.82. The highest BCUT2D eigenvalue weighted by molar-refractivity contribution is 5.93. The number of hydrogen-bond acceptors (Lipinski definition) is 3. The van der Waals surface area contributed by atoms with Crippen molar-refractivity contribution in [3.05, 3.63) is 41.5 Å². The van der Waals surface area contributed by atoms with E-state index in [2.05, 4.69) is 10.1 Å². The Hall–Kier alpha value is -2.24. The number of nitrogens with one attached hydrogen (secondary N) is 1. The third kappa shape index (κ3) is 5.29. The normalized spacial score (nSPS) is 9.68. The van der Waals surface area contributed by atoms with Crippen LogP contribution in [0.1, 0.15) is 13.8 Å².